The van der Waals surface area contributed by atoms with Crippen LogP contribution in [0.1, 0.15) is 29.0 Å². The molecule has 2 aromatic heterocycles. The molecule has 0 N–H and O–H groups in total. The van der Waals surface area contributed by atoms with Gasteiger partial charge in [0.1, 0.15) is 5.69 Å². The van der Waals surface area contributed by atoms with Crippen LogP contribution in [0.2, 0.25) is 0 Å². The van der Waals surface area contributed by atoms with Crippen LogP contribution in [0, 0.1) is 5.92 Å². The number of carbonyl (C=O) groups excluding carboxylic acids is 2. The Balaban J connectivity index is 1.55. The standard InChI is InChI=1S/C19H20N4O2/c24-18-14-7-8-16(23(18)12-15-5-1-3-9-20-15)13-22(11-14)19(25)17-6-2-4-10-21-17/h1-6,9-10,14,16H,7-8,11-13H2/t14-,16+/m0/s1. The molecule has 0 saturated carbocycles. The summed E-state index contributed by atoms with van der Waals surface area (Å²) in [5, 5.41) is 0. The third-order valence-corrected chi connectivity index (χ3v) is 5.02. The van der Waals surface area contributed by atoms with E-state index in [1.54, 1.807) is 29.4 Å². The zero-order chi connectivity index (χ0) is 17.2. The van der Waals surface area contributed by atoms with Crippen LogP contribution in [0.5, 0.6) is 0 Å². The van der Waals surface area contributed by atoms with E-state index in [9.17, 15) is 9.59 Å². The molecule has 0 aromatic carbocycles. The monoisotopic (exact) mass is 336 g/mol. The quantitative estimate of drug-likeness (QED) is 0.856. The molecule has 3 saturated heterocycles. The highest BCUT2D eigenvalue weighted by Crippen LogP contribution is 2.30. The molecule has 25 heavy (non-hydrogen) atoms. The van der Waals surface area contributed by atoms with Gasteiger partial charge in [0.2, 0.25) is 5.91 Å². The molecule has 3 fully saturated rings. The third kappa shape index (κ3) is 3.12. The molecule has 0 unspecified atom stereocenters. The van der Waals surface area contributed by atoms with Crippen molar-refractivity contribution in [3.8, 4) is 0 Å². The van der Waals surface area contributed by atoms with Crippen LogP contribution in [-0.4, -0.2) is 50.7 Å². The van der Waals surface area contributed by atoms with E-state index in [1.807, 2.05) is 29.2 Å². The zero-order valence-electron chi connectivity index (χ0n) is 13.9. The van der Waals surface area contributed by atoms with Crippen LogP contribution in [0.25, 0.3) is 0 Å². The van der Waals surface area contributed by atoms with Gasteiger partial charge in [0.25, 0.3) is 5.91 Å². The van der Waals surface area contributed by atoms with Crippen molar-refractivity contribution < 1.29 is 9.59 Å². The highest BCUT2D eigenvalue weighted by Gasteiger charge is 2.42. The molecule has 6 heteroatoms. The lowest BCUT2D eigenvalue weighted by atomic mass is 9.94. The highest BCUT2D eigenvalue weighted by atomic mass is 16.2. The number of fused-ring (bicyclic) bond motifs is 4. The first-order valence-corrected chi connectivity index (χ1v) is 8.63. The average Bonchev–Trinajstić information content (AvgIpc) is 2.95. The number of aromatic nitrogens is 2. The van der Waals surface area contributed by atoms with Crippen molar-refractivity contribution in [1.29, 1.82) is 0 Å². The lowest BCUT2D eigenvalue weighted by Gasteiger charge is -2.35. The summed E-state index contributed by atoms with van der Waals surface area (Å²) in [5.74, 6) is -0.0849. The Labute approximate surface area is 146 Å². The molecule has 0 aliphatic carbocycles. The molecule has 5 rings (SSSR count). The van der Waals surface area contributed by atoms with Gasteiger partial charge >= 0.3 is 0 Å². The zero-order valence-corrected chi connectivity index (χ0v) is 13.9. The van der Waals surface area contributed by atoms with E-state index < -0.39 is 0 Å². The maximum absolute atomic E-state index is 12.9. The van der Waals surface area contributed by atoms with E-state index in [1.165, 1.54) is 0 Å². The Morgan fingerprint density at radius 1 is 1.04 bits per heavy atom. The fourth-order valence-electron chi connectivity index (χ4n) is 3.73. The van der Waals surface area contributed by atoms with Crippen molar-refractivity contribution in [2.45, 2.75) is 25.4 Å². The van der Waals surface area contributed by atoms with Gasteiger partial charge in [0.05, 0.1) is 18.2 Å². The molecule has 3 aliphatic heterocycles. The predicted octanol–water partition coefficient (Wildman–Crippen LogP) is 1.74. The van der Waals surface area contributed by atoms with E-state index in [2.05, 4.69) is 9.97 Å². The van der Waals surface area contributed by atoms with Gasteiger partial charge in [-0.3, -0.25) is 19.6 Å². The minimum Gasteiger partial charge on any atom is -0.334 e. The van der Waals surface area contributed by atoms with Crippen molar-refractivity contribution in [3.63, 3.8) is 0 Å². The Morgan fingerprint density at radius 3 is 2.56 bits per heavy atom. The minimum absolute atomic E-state index is 0.0425. The summed E-state index contributed by atoms with van der Waals surface area (Å²) in [6.45, 7) is 1.54. The summed E-state index contributed by atoms with van der Waals surface area (Å²) in [6.07, 6.45) is 5.13. The molecule has 128 valence electrons. The predicted molar refractivity (Wildman–Crippen MR) is 91.4 cm³/mol. The van der Waals surface area contributed by atoms with E-state index in [-0.39, 0.29) is 23.8 Å². The van der Waals surface area contributed by atoms with Crippen molar-refractivity contribution in [1.82, 2.24) is 19.8 Å². The Kier molecular flexibility index (Phi) is 4.17. The SMILES string of the molecule is O=C(c1ccccn1)N1C[C@@H]2CC[C@H](C1)N(Cc1ccccn1)C2=O. The molecule has 2 aromatic rings. The molecule has 3 aliphatic rings. The second-order valence-corrected chi connectivity index (χ2v) is 6.64. The molecular weight excluding hydrogens is 316 g/mol. The molecule has 2 bridgehead atoms. The van der Waals surface area contributed by atoms with Gasteiger partial charge in [-0.25, -0.2) is 0 Å². The fourth-order valence-corrected chi connectivity index (χ4v) is 3.73. The second kappa shape index (κ2) is 6.63. The summed E-state index contributed by atoms with van der Waals surface area (Å²) < 4.78 is 0. The number of hydrogen-bond acceptors (Lipinski definition) is 4. The van der Waals surface area contributed by atoms with Gasteiger partial charge < -0.3 is 9.80 Å². The fraction of sp³-hybridized carbons (Fsp3) is 0.368. The molecule has 6 nitrogen and oxygen atoms in total. The molecule has 2 amide bonds. The number of carbonyl (C=O) groups is 2. The highest BCUT2D eigenvalue weighted by molar-refractivity contribution is 5.93. The van der Waals surface area contributed by atoms with Gasteiger partial charge in [-0.2, -0.15) is 0 Å². The summed E-state index contributed by atoms with van der Waals surface area (Å²) in [4.78, 5) is 37.8. The van der Waals surface area contributed by atoms with Gasteiger partial charge in [0, 0.05) is 31.5 Å². The topological polar surface area (TPSA) is 66.4 Å². The van der Waals surface area contributed by atoms with Crippen LogP contribution in [0.15, 0.2) is 48.8 Å². The Morgan fingerprint density at radius 2 is 1.84 bits per heavy atom. The number of pyridine rings is 2. The van der Waals surface area contributed by atoms with Crippen LogP contribution in [-0.2, 0) is 11.3 Å². The number of rotatable bonds is 3. The maximum atomic E-state index is 12.9. The first-order valence-electron chi connectivity index (χ1n) is 8.63. The molecule has 0 radical (unpaired) electrons. The van der Waals surface area contributed by atoms with Crippen LogP contribution >= 0.6 is 0 Å². The van der Waals surface area contributed by atoms with E-state index in [0.29, 0.717) is 25.3 Å². The van der Waals surface area contributed by atoms with Crippen molar-refractivity contribution in [2.75, 3.05) is 13.1 Å². The molecular formula is C19H20N4O2. The molecule has 2 atom stereocenters. The molecule has 5 heterocycles. The normalized spacial score (nSPS) is 22.8. The minimum atomic E-state index is -0.130. The van der Waals surface area contributed by atoms with Crippen molar-refractivity contribution in [3.05, 3.63) is 60.2 Å². The van der Waals surface area contributed by atoms with Gasteiger partial charge in [-0.1, -0.05) is 12.1 Å². The lowest BCUT2D eigenvalue weighted by molar-refractivity contribution is -0.140. The van der Waals surface area contributed by atoms with E-state index in [0.717, 1.165) is 18.5 Å². The summed E-state index contributed by atoms with van der Waals surface area (Å²) in [7, 11) is 0. The van der Waals surface area contributed by atoms with Gasteiger partial charge in [-0.05, 0) is 37.1 Å². The number of hydrogen-bond donors (Lipinski definition) is 0. The number of piperidine rings is 1. The van der Waals surface area contributed by atoms with Gasteiger partial charge in [0.15, 0.2) is 0 Å². The van der Waals surface area contributed by atoms with Crippen LogP contribution < -0.4 is 0 Å². The number of amides is 2. The first kappa shape index (κ1) is 15.7. The lowest BCUT2D eigenvalue weighted by Crippen LogP contribution is -2.47. The Hall–Kier alpha value is -2.76. The smallest absolute Gasteiger partial charge is 0.272 e. The Bertz CT molecular complexity index is 766. The second-order valence-electron chi connectivity index (χ2n) is 6.64. The molecule has 0 spiro atoms. The largest absolute Gasteiger partial charge is 0.334 e. The summed E-state index contributed by atoms with van der Waals surface area (Å²) in [5.41, 5.74) is 1.32. The van der Waals surface area contributed by atoms with Gasteiger partial charge in [-0.15, -0.1) is 0 Å². The van der Waals surface area contributed by atoms with Crippen LogP contribution in [0.4, 0.5) is 0 Å². The first-order chi connectivity index (χ1) is 12.2. The maximum Gasteiger partial charge on any atom is 0.272 e. The van der Waals surface area contributed by atoms with E-state index in [4.69, 9.17) is 0 Å². The average molecular weight is 336 g/mol. The van der Waals surface area contributed by atoms with Crippen molar-refractivity contribution in [2.24, 2.45) is 5.92 Å². The third-order valence-electron chi connectivity index (χ3n) is 5.02. The van der Waals surface area contributed by atoms with E-state index >= 15 is 0 Å². The summed E-state index contributed by atoms with van der Waals surface area (Å²) >= 11 is 0. The summed E-state index contributed by atoms with van der Waals surface area (Å²) in [6, 6.07) is 11.1. The number of nitrogens with zero attached hydrogens (tertiary/aromatic N) is 4. The van der Waals surface area contributed by atoms with Crippen molar-refractivity contribution >= 4 is 11.8 Å². The van der Waals surface area contributed by atoms with Crippen LogP contribution in [0.3, 0.4) is 0 Å².